The maximum absolute atomic E-state index is 4.61. The van der Waals surface area contributed by atoms with Crippen molar-refractivity contribution < 1.29 is 0 Å². The fraction of sp³-hybridized carbons (Fsp3) is 0.667. The smallest absolute Gasteiger partial charge is 0.0547 e. The van der Waals surface area contributed by atoms with Gasteiger partial charge in [0.05, 0.1) is 5.69 Å². The standard InChI is InChI=1S/C15H25N3/c1-12-9-16-13(2)7-8-18(10-12)11-15-6-4-5-14(3)17-15/h4-6,12-13,16H,7-11H2,1-3H3. The molecule has 0 radical (unpaired) electrons. The summed E-state index contributed by atoms with van der Waals surface area (Å²) in [5.41, 5.74) is 2.31. The van der Waals surface area contributed by atoms with E-state index in [9.17, 15) is 0 Å². The minimum absolute atomic E-state index is 0.626. The third-order valence-electron chi connectivity index (χ3n) is 3.59. The first-order valence-electron chi connectivity index (χ1n) is 7.02. The van der Waals surface area contributed by atoms with Crippen LogP contribution in [0.15, 0.2) is 18.2 Å². The lowest BCUT2D eigenvalue weighted by Gasteiger charge is -2.31. The molecule has 1 saturated heterocycles. The van der Waals surface area contributed by atoms with E-state index >= 15 is 0 Å². The third kappa shape index (κ3) is 4.07. The van der Waals surface area contributed by atoms with Crippen molar-refractivity contribution >= 4 is 0 Å². The largest absolute Gasteiger partial charge is 0.314 e. The van der Waals surface area contributed by atoms with Gasteiger partial charge in [-0.2, -0.15) is 0 Å². The number of pyridine rings is 1. The Balaban J connectivity index is 1.98. The van der Waals surface area contributed by atoms with E-state index in [1.165, 1.54) is 12.1 Å². The van der Waals surface area contributed by atoms with Gasteiger partial charge in [-0.3, -0.25) is 9.88 Å². The Labute approximate surface area is 111 Å². The Morgan fingerprint density at radius 1 is 1.39 bits per heavy atom. The number of aryl methyl sites for hydroxylation is 1. The van der Waals surface area contributed by atoms with Gasteiger partial charge in [0.2, 0.25) is 0 Å². The molecule has 0 saturated carbocycles. The highest BCUT2D eigenvalue weighted by Crippen LogP contribution is 2.10. The van der Waals surface area contributed by atoms with Crippen LogP contribution in [0.4, 0.5) is 0 Å². The Morgan fingerprint density at radius 2 is 2.22 bits per heavy atom. The maximum atomic E-state index is 4.61. The molecule has 3 heteroatoms. The quantitative estimate of drug-likeness (QED) is 0.868. The van der Waals surface area contributed by atoms with E-state index in [0.717, 1.165) is 31.9 Å². The van der Waals surface area contributed by atoms with Crippen molar-refractivity contribution in [2.45, 2.75) is 39.8 Å². The van der Waals surface area contributed by atoms with Crippen molar-refractivity contribution in [3.05, 3.63) is 29.6 Å². The second kappa shape index (κ2) is 6.30. The molecule has 1 aliphatic heterocycles. The molecule has 0 aromatic carbocycles. The molecule has 1 aromatic rings. The third-order valence-corrected chi connectivity index (χ3v) is 3.59. The van der Waals surface area contributed by atoms with Gasteiger partial charge in [-0.25, -0.2) is 0 Å². The summed E-state index contributed by atoms with van der Waals surface area (Å²) in [5.74, 6) is 0.706. The van der Waals surface area contributed by atoms with E-state index in [0.29, 0.717) is 12.0 Å². The Bertz CT molecular complexity index is 378. The maximum Gasteiger partial charge on any atom is 0.0547 e. The van der Waals surface area contributed by atoms with Crippen molar-refractivity contribution in [2.75, 3.05) is 19.6 Å². The van der Waals surface area contributed by atoms with E-state index in [1.807, 2.05) is 0 Å². The van der Waals surface area contributed by atoms with Crippen molar-refractivity contribution in [1.82, 2.24) is 15.2 Å². The van der Waals surface area contributed by atoms with Gasteiger partial charge in [0.25, 0.3) is 0 Å². The van der Waals surface area contributed by atoms with Crippen LogP contribution in [-0.2, 0) is 6.54 Å². The second-order valence-corrected chi connectivity index (χ2v) is 5.71. The molecule has 100 valence electrons. The highest BCUT2D eigenvalue weighted by molar-refractivity contribution is 5.09. The number of hydrogen-bond donors (Lipinski definition) is 1. The molecule has 0 spiro atoms. The summed E-state index contributed by atoms with van der Waals surface area (Å²) in [7, 11) is 0. The molecule has 3 nitrogen and oxygen atoms in total. The van der Waals surface area contributed by atoms with Crippen LogP contribution in [0.5, 0.6) is 0 Å². The second-order valence-electron chi connectivity index (χ2n) is 5.71. The molecular formula is C15H25N3. The Morgan fingerprint density at radius 3 is 3.00 bits per heavy atom. The molecule has 18 heavy (non-hydrogen) atoms. The first-order valence-corrected chi connectivity index (χ1v) is 7.02. The zero-order chi connectivity index (χ0) is 13.0. The summed E-state index contributed by atoms with van der Waals surface area (Å²) in [6.07, 6.45) is 1.22. The molecule has 1 aromatic heterocycles. The molecular weight excluding hydrogens is 222 g/mol. The lowest BCUT2D eigenvalue weighted by atomic mass is 10.1. The number of hydrogen-bond acceptors (Lipinski definition) is 3. The van der Waals surface area contributed by atoms with Gasteiger partial charge in [0.1, 0.15) is 0 Å². The van der Waals surface area contributed by atoms with Gasteiger partial charge >= 0.3 is 0 Å². The van der Waals surface area contributed by atoms with Gasteiger partial charge < -0.3 is 5.32 Å². The van der Waals surface area contributed by atoms with Crippen molar-refractivity contribution in [3.63, 3.8) is 0 Å². The highest BCUT2D eigenvalue weighted by atomic mass is 15.1. The van der Waals surface area contributed by atoms with Crippen LogP contribution in [-0.4, -0.2) is 35.6 Å². The summed E-state index contributed by atoms with van der Waals surface area (Å²) in [6.45, 7) is 11.1. The van der Waals surface area contributed by atoms with E-state index in [4.69, 9.17) is 0 Å². The Hall–Kier alpha value is -0.930. The van der Waals surface area contributed by atoms with E-state index < -0.39 is 0 Å². The minimum Gasteiger partial charge on any atom is -0.314 e. The summed E-state index contributed by atoms with van der Waals surface area (Å²) in [4.78, 5) is 7.15. The van der Waals surface area contributed by atoms with Crippen molar-refractivity contribution in [2.24, 2.45) is 5.92 Å². The zero-order valence-corrected chi connectivity index (χ0v) is 11.8. The molecule has 2 heterocycles. The highest BCUT2D eigenvalue weighted by Gasteiger charge is 2.16. The first-order chi connectivity index (χ1) is 8.63. The minimum atomic E-state index is 0.626. The monoisotopic (exact) mass is 247 g/mol. The number of nitrogens with zero attached hydrogens (tertiary/aromatic N) is 2. The van der Waals surface area contributed by atoms with E-state index in [2.05, 4.69) is 54.2 Å². The fourth-order valence-electron chi connectivity index (χ4n) is 2.54. The summed E-state index contributed by atoms with van der Waals surface area (Å²) >= 11 is 0. The van der Waals surface area contributed by atoms with Gasteiger partial charge in [0.15, 0.2) is 0 Å². The number of aromatic nitrogens is 1. The average molecular weight is 247 g/mol. The molecule has 0 aliphatic carbocycles. The van der Waals surface area contributed by atoms with Gasteiger partial charge in [-0.15, -0.1) is 0 Å². The van der Waals surface area contributed by atoms with Crippen LogP contribution in [0, 0.1) is 12.8 Å². The Kier molecular flexibility index (Phi) is 4.72. The van der Waals surface area contributed by atoms with Crippen LogP contribution >= 0.6 is 0 Å². The summed E-state index contributed by atoms with van der Waals surface area (Å²) in [6, 6.07) is 6.93. The molecule has 1 N–H and O–H groups in total. The summed E-state index contributed by atoms with van der Waals surface area (Å²) in [5, 5.41) is 3.59. The topological polar surface area (TPSA) is 28.2 Å². The van der Waals surface area contributed by atoms with Crippen LogP contribution in [0.1, 0.15) is 31.7 Å². The average Bonchev–Trinajstić information content (AvgIpc) is 2.32. The predicted octanol–water partition coefficient (Wildman–Crippen LogP) is 2.21. The van der Waals surface area contributed by atoms with E-state index in [1.54, 1.807) is 0 Å². The van der Waals surface area contributed by atoms with Gasteiger partial charge in [-0.05, 0) is 44.9 Å². The molecule has 2 unspecified atom stereocenters. The molecule has 2 atom stereocenters. The van der Waals surface area contributed by atoms with Crippen LogP contribution in [0.25, 0.3) is 0 Å². The lowest BCUT2D eigenvalue weighted by molar-refractivity contribution is 0.193. The normalized spacial score (nSPS) is 26.6. The lowest BCUT2D eigenvalue weighted by Crippen LogP contribution is -2.42. The molecule has 0 bridgehead atoms. The summed E-state index contributed by atoms with van der Waals surface area (Å²) < 4.78 is 0. The molecule has 1 aliphatic rings. The SMILES string of the molecule is Cc1cccc(CN2CCC(C)NCC(C)C2)n1. The van der Waals surface area contributed by atoms with Gasteiger partial charge in [0, 0.05) is 31.4 Å². The fourth-order valence-corrected chi connectivity index (χ4v) is 2.54. The van der Waals surface area contributed by atoms with Crippen LogP contribution in [0.3, 0.4) is 0 Å². The van der Waals surface area contributed by atoms with Crippen molar-refractivity contribution in [3.8, 4) is 0 Å². The van der Waals surface area contributed by atoms with E-state index in [-0.39, 0.29) is 0 Å². The molecule has 1 fully saturated rings. The number of rotatable bonds is 2. The molecule has 0 amide bonds. The zero-order valence-electron chi connectivity index (χ0n) is 11.8. The van der Waals surface area contributed by atoms with Gasteiger partial charge in [-0.1, -0.05) is 13.0 Å². The molecule has 2 rings (SSSR count). The van der Waals surface area contributed by atoms with Crippen molar-refractivity contribution in [1.29, 1.82) is 0 Å². The van der Waals surface area contributed by atoms with Crippen LogP contribution < -0.4 is 5.32 Å². The van der Waals surface area contributed by atoms with Crippen LogP contribution in [0.2, 0.25) is 0 Å². The number of nitrogens with one attached hydrogen (secondary N) is 1. The first kappa shape index (κ1) is 13.5. The predicted molar refractivity (Wildman–Crippen MR) is 75.5 cm³/mol.